The van der Waals surface area contributed by atoms with Gasteiger partial charge in [-0.2, -0.15) is 0 Å². The Labute approximate surface area is 207 Å². The maximum atomic E-state index is 15.5. The molecule has 0 spiro atoms. The standard InChI is InChI=1S/C29H36FN3O2/c1-19-8-10-22-21(16-19)18-32(13-12-31(2)3)14-15-33-26-17-20(29(34)35)9-11-24(26)27(28(22)33)23-6-4-5-7-25(23)30/h8-11,16-17,23,25H,4-7,12-15,18H2,1-3H3,(H,34,35)/t23-,25-/m0/s1. The number of carboxylic acids is 1. The van der Waals surface area contributed by atoms with Crippen LogP contribution < -0.4 is 0 Å². The molecule has 5 rings (SSSR count). The fourth-order valence-corrected chi connectivity index (χ4v) is 6.00. The molecule has 0 radical (unpaired) electrons. The minimum absolute atomic E-state index is 0.156. The molecule has 5 nitrogen and oxygen atoms in total. The zero-order valence-corrected chi connectivity index (χ0v) is 21.1. The van der Waals surface area contributed by atoms with E-state index in [9.17, 15) is 9.90 Å². The van der Waals surface area contributed by atoms with Crippen molar-refractivity contribution in [2.75, 3.05) is 33.7 Å². The number of fused-ring (bicyclic) bond motifs is 5. The number of nitrogens with zero attached hydrogens (tertiary/aromatic N) is 3. The number of hydrogen-bond donors (Lipinski definition) is 1. The highest BCUT2D eigenvalue weighted by molar-refractivity contribution is 5.98. The third-order valence-electron chi connectivity index (χ3n) is 7.82. The summed E-state index contributed by atoms with van der Waals surface area (Å²) in [4.78, 5) is 16.5. The fraction of sp³-hybridized carbons (Fsp3) is 0.483. The first-order chi connectivity index (χ1) is 16.8. The second-order valence-corrected chi connectivity index (χ2v) is 10.6. The number of likely N-dealkylation sites (N-methyl/N-ethyl adjacent to an activating group) is 1. The van der Waals surface area contributed by atoms with Crippen molar-refractivity contribution >= 4 is 16.9 Å². The Hall–Kier alpha value is -2.70. The highest BCUT2D eigenvalue weighted by Gasteiger charge is 2.34. The molecule has 3 aromatic rings. The number of hydrogen-bond acceptors (Lipinski definition) is 3. The van der Waals surface area contributed by atoms with E-state index in [0.717, 1.165) is 79.7 Å². The lowest BCUT2D eigenvalue weighted by Crippen LogP contribution is -2.35. The van der Waals surface area contributed by atoms with E-state index in [4.69, 9.17) is 0 Å². The molecule has 1 fully saturated rings. The summed E-state index contributed by atoms with van der Waals surface area (Å²) in [6.07, 6.45) is 2.54. The van der Waals surface area contributed by atoms with Crippen molar-refractivity contribution in [3.8, 4) is 11.3 Å². The summed E-state index contributed by atoms with van der Waals surface area (Å²) < 4.78 is 17.7. The first-order valence-corrected chi connectivity index (χ1v) is 12.8. The largest absolute Gasteiger partial charge is 0.478 e. The number of aromatic nitrogens is 1. The topological polar surface area (TPSA) is 48.7 Å². The number of alkyl halides is 1. The molecule has 35 heavy (non-hydrogen) atoms. The molecule has 1 saturated carbocycles. The van der Waals surface area contributed by atoms with Crippen LogP contribution in [0.1, 0.15) is 58.6 Å². The quantitative estimate of drug-likeness (QED) is 0.513. The van der Waals surface area contributed by atoms with Gasteiger partial charge in [-0.05, 0) is 57.1 Å². The van der Waals surface area contributed by atoms with E-state index >= 15 is 4.39 Å². The molecule has 186 valence electrons. The van der Waals surface area contributed by atoms with Crippen LogP contribution in [0.2, 0.25) is 0 Å². The molecule has 1 N–H and O–H groups in total. The molecule has 0 amide bonds. The van der Waals surface area contributed by atoms with Crippen LogP contribution in [0.15, 0.2) is 36.4 Å². The summed E-state index contributed by atoms with van der Waals surface area (Å²) in [6.45, 7) is 6.52. The summed E-state index contributed by atoms with van der Waals surface area (Å²) in [5.41, 5.74) is 7.00. The number of aryl methyl sites for hydroxylation is 1. The number of halogens is 1. The molecular formula is C29H36FN3O2. The average molecular weight is 478 g/mol. The second kappa shape index (κ2) is 9.75. The normalized spacial score (nSPS) is 20.9. The van der Waals surface area contributed by atoms with Crippen molar-refractivity contribution in [3.05, 3.63) is 58.7 Å². The predicted octanol–water partition coefficient (Wildman–Crippen LogP) is 5.69. The highest BCUT2D eigenvalue weighted by atomic mass is 19.1. The Morgan fingerprint density at radius 1 is 1.11 bits per heavy atom. The molecule has 1 aromatic heterocycles. The smallest absolute Gasteiger partial charge is 0.335 e. The predicted molar refractivity (Wildman–Crippen MR) is 139 cm³/mol. The van der Waals surface area contributed by atoms with E-state index in [2.05, 4.69) is 53.6 Å². The Morgan fingerprint density at radius 2 is 1.91 bits per heavy atom. The Kier molecular flexibility index (Phi) is 6.69. The van der Waals surface area contributed by atoms with Gasteiger partial charge in [0.05, 0.1) is 11.3 Å². The molecule has 2 aliphatic rings. The third kappa shape index (κ3) is 4.62. The maximum Gasteiger partial charge on any atom is 0.335 e. The number of benzene rings is 2. The fourth-order valence-electron chi connectivity index (χ4n) is 6.00. The summed E-state index contributed by atoms with van der Waals surface area (Å²) in [6, 6.07) is 12.0. The SMILES string of the molecule is Cc1ccc2c(c1)CN(CCN(C)C)CCn1c-2c([C@H]2CCCC[C@@H]2F)c2ccc(C(=O)O)cc21. The number of aromatic carboxylic acids is 1. The monoisotopic (exact) mass is 477 g/mol. The van der Waals surface area contributed by atoms with Crippen molar-refractivity contribution in [2.45, 2.75) is 57.8 Å². The van der Waals surface area contributed by atoms with Crippen LogP contribution in [-0.2, 0) is 13.1 Å². The molecule has 2 atom stereocenters. The van der Waals surface area contributed by atoms with Gasteiger partial charge < -0.3 is 14.6 Å². The highest BCUT2D eigenvalue weighted by Crippen LogP contribution is 2.46. The lowest BCUT2D eigenvalue weighted by molar-refractivity contribution is 0.0697. The lowest BCUT2D eigenvalue weighted by atomic mass is 9.80. The number of carboxylic acid groups (broad SMARTS) is 1. The van der Waals surface area contributed by atoms with Crippen molar-refractivity contribution < 1.29 is 14.3 Å². The van der Waals surface area contributed by atoms with E-state index in [-0.39, 0.29) is 11.5 Å². The van der Waals surface area contributed by atoms with E-state index in [1.807, 2.05) is 6.07 Å². The van der Waals surface area contributed by atoms with Crippen LogP contribution in [0.3, 0.4) is 0 Å². The molecular weight excluding hydrogens is 441 g/mol. The van der Waals surface area contributed by atoms with Gasteiger partial charge in [-0.15, -0.1) is 0 Å². The zero-order chi connectivity index (χ0) is 24.7. The molecule has 6 heteroatoms. The maximum absolute atomic E-state index is 15.5. The van der Waals surface area contributed by atoms with Gasteiger partial charge in [0.15, 0.2) is 0 Å². The van der Waals surface area contributed by atoms with Crippen molar-refractivity contribution in [1.29, 1.82) is 0 Å². The molecule has 2 aromatic carbocycles. The summed E-state index contributed by atoms with van der Waals surface area (Å²) in [5.74, 6) is -1.09. The van der Waals surface area contributed by atoms with Crippen LogP contribution in [-0.4, -0.2) is 65.3 Å². The lowest BCUT2D eigenvalue weighted by Gasteiger charge is -2.31. The van der Waals surface area contributed by atoms with E-state index < -0.39 is 12.1 Å². The minimum Gasteiger partial charge on any atom is -0.478 e. The molecule has 1 aliphatic heterocycles. The van der Waals surface area contributed by atoms with Crippen molar-refractivity contribution in [3.63, 3.8) is 0 Å². The molecule has 0 bridgehead atoms. The number of carbonyl (C=O) groups is 1. The summed E-state index contributed by atoms with van der Waals surface area (Å²) >= 11 is 0. The Morgan fingerprint density at radius 3 is 2.66 bits per heavy atom. The molecule has 1 aliphatic carbocycles. The van der Waals surface area contributed by atoms with Crippen LogP contribution in [0.25, 0.3) is 22.2 Å². The first-order valence-electron chi connectivity index (χ1n) is 12.8. The Bertz CT molecular complexity index is 1250. The summed E-state index contributed by atoms with van der Waals surface area (Å²) in [7, 11) is 4.19. The first kappa shape index (κ1) is 24.0. The van der Waals surface area contributed by atoms with Gasteiger partial charge in [0.1, 0.15) is 6.17 Å². The number of rotatable bonds is 5. The van der Waals surface area contributed by atoms with Crippen molar-refractivity contribution in [1.82, 2.24) is 14.4 Å². The van der Waals surface area contributed by atoms with Gasteiger partial charge in [0.2, 0.25) is 0 Å². The van der Waals surface area contributed by atoms with E-state index in [0.29, 0.717) is 6.42 Å². The Balaban J connectivity index is 1.75. The molecule has 0 saturated heterocycles. The summed E-state index contributed by atoms with van der Waals surface area (Å²) in [5, 5.41) is 10.7. The van der Waals surface area contributed by atoms with Gasteiger partial charge in [-0.1, -0.05) is 42.7 Å². The minimum atomic E-state index is -0.931. The van der Waals surface area contributed by atoms with E-state index in [1.54, 1.807) is 12.1 Å². The molecule has 0 unspecified atom stereocenters. The van der Waals surface area contributed by atoms with Gasteiger partial charge in [-0.25, -0.2) is 9.18 Å². The van der Waals surface area contributed by atoms with Gasteiger partial charge >= 0.3 is 5.97 Å². The van der Waals surface area contributed by atoms with Crippen LogP contribution >= 0.6 is 0 Å². The zero-order valence-electron chi connectivity index (χ0n) is 21.1. The van der Waals surface area contributed by atoms with Crippen LogP contribution in [0.4, 0.5) is 4.39 Å². The van der Waals surface area contributed by atoms with Gasteiger partial charge in [0.25, 0.3) is 0 Å². The molecule has 2 heterocycles. The second-order valence-electron chi connectivity index (χ2n) is 10.6. The van der Waals surface area contributed by atoms with Crippen LogP contribution in [0.5, 0.6) is 0 Å². The third-order valence-corrected chi connectivity index (χ3v) is 7.82. The van der Waals surface area contributed by atoms with Crippen LogP contribution in [0, 0.1) is 6.92 Å². The average Bonchev–Trinajstić information content (AvgIpc) is 3.12. The van der Waals surface area contributed by atoms with E-state index in [1.165, 1.54) is 11.1 Å². The van der Waals surface area contributed by atoms with Gasteiger partial charge in [0, 0.05) is 55.1 Å². The van der Waals surface area contributed by atoms with Crippen molar-refractivity contribution in [2.24, 2.45) is 0 Å². The van der Waals surface area contributed by atoms with Gasteiger partial charge in [-0.3, -0.25) is 4.90 Å².